The molecule has 0 amide bonds. The van der Waals surface area contributed by atoms with Crippen LogP contribution in [-0.2, 0) is 4.74 Å². The molecule has 0 aliphatic carbocycles. The van der Waals surface area contributed by atoms with Crippen LogP contribution in [0.5, 0.6) is 0 Å². The molecule has 0 aromatic rings. The number of rotatable bonds is 1. The zero-order chi connectivity index (χ0) is 7.52. The molecule has 2 heterocycles. The van der Waals surface area contributed by atoms with Gasteiger partial charge in [0.25, 0.3) is 0 Å². The van der Waals surface area contributed by atoms with Gasteiger partial charge in [-0.3, -0.25) is 0 Å². The molecule has 0 spiro atoms. The highest BCUT2D eigenvalue weighted by Crippen LogP contribution is 2.26. The molecule has 3 heteroatoms. The van der Waals surface area contributed by atoms with Gasteiger partial charge in [-0.1, -0.05) is 0 Å². The molecule has 2 rings (SSSR count). The average Bonchev–Trinajstić information content (AvgIpc) is 2.58. The quantitative estimate of drug-likeness (QED) is 0.678. The zero-order valence-corrected chi connectivity index (χ0v) is 8.24. The fraction of sp³-hybridized carbons (Fsp3) is 1.00. The van der Waals surface area contributed by atoms with Crippen LogP contribution in [0.3, 0.4) is 0 Å². The van der Waals surface area contributed by atoms with Crippen molar-refractivity contribution in [3.63, 3.8) is 0 Å². The molecule has 2 aliphatic heterocycles. The van der Waals surface area contributed by atoms with Crippen molar-refractivity contribution in [2.45, 2.75) is 19.3 Å². The Labute approximate surface area is 80.5 Å². The molecule has 0 saturated carbocycles. The lowest BCUT2D eigenvalue weighted by molar-refractivity contribution is 0.164. The summed E-state index contributed by atoms with van der Waals surface area (Å²) in [6, 6.07) is 0. The number of piperidine rings is 1. The van der Waals surface area contributed by atoms with E-state index in [4.69, 9.17) is 4.74 Å². The fourth-order valence-electron chi connectivity index (χ4n) is 2.21. The van der Waals surface area contributed by atoms with Gasteiger partial charge in [0.2, 0.25) is 0 Å². The standard InChI is InChI=1S/C9H17NO.ClH/c1-2-8(6-10-4-1)9-3-5-11-7-9;/h8-10H,1-7H2;1H. The third-order valence-corrected chi connectivity index (χ3v) is 2.97. The molecule has 12 heavy (non-hydrogen) atoms. The Balaban J connectivity index is 0.000000720. The molecule has 2 aliphatic rings. The summed E-state index contributed by atoms with van der Waals surface area (Å²) in [5.41, 5.74) is 0. The molecule has 0 aromatic carbocycles. The summed E-state index contributed by atoms with van der Waals surface area (Å²) in [7, 11) is 0. The van der Waals surface area contributed by atoms with Crippen LogP contribution >= 0.6 is 12.4 Å². The van der Waals surface area contributed by atoms with Gasteiger partial charge in [0.1, 0.15) is 0 Å². The lowest BCUT2D eigenvalue weighted by Gasteiger charge is -2.26. The lowest BCUT2D eigenvalue weighted by atomic mass is 9.86. The molecule has 0 bridgehead atoms. The second-order valence-electron chi connectivity index (χ2n) is 3.73. The van der Waals surface area contributed by atoms with E-state index in [1.807, 2.05) is 0 Å². The first-order chi connectivity index (χ1) is 5.47. The summed E-state index contributed by atoms with van der Waals surface area (Å²) in [5, 5.41) is 3.46. The smallest absolute Gasteiger partial charge is 0.0498 e. The molecule has 2 fully saturated rings. The Morgan fingerprint density at radius 3 is 2.67 bits per heavy atom. The minimum Gasteiger partial charge on any atom is -0.381 e. The lowest BCUT2D eigenvalue weighted by Crippen LogP contribution is -2.34. The van der Waals surface area contributed by atoms with Crippen molar-refractivity contribution in [3.8, 4) is 0 Å². The molecule has 2 nitrogen and oxygen atoms in total. The summed E-state index contributed by atoms with van der Waals surface area (Å²) >= 11 is 0. The second-order valence-corrected chi connectivity index (χ2v) is 3.73. The number of nitrogens with one attached hydrogen (secondary N) is 1. The van der Waals surface area contributed by atoms with Crippen molar-refractivity contribution >= 4 is 12.4 Å². The largest absolute Gasteiger partial charge is 0.381 e. The highest BCUT2D eigenvalue weighted by Gasteiger charge is 2.26. The first kappa shape index (κ1) is 10.3. The molecule has 2 unspecified atom stereocenters. The topological polar surface area (TPSA) is 21.3 Å². The van der Waals surface area contributed by atoms with Crippen LogP contribution in [0.4, 0.5) is 0 Å². The first-order valence-corrected chi connectivity index (χ1v) is 4.75. The predicted octanol–water partition coefficient (Wildman–Crippen LogP) is 1.44. The molecule has 72 valence electrons. The summed E-state index contributed by atoms with van der Waals surface area (Å²) < 4.78 is 5.38. The van der Waals surface area contributed by atoms with Crippen LogP contribution in [0.15, 0.2) is 0 Å². The third kappa shape index (κ3) is 2.35. The maximum Gasteiger partial charge on any atom is 0.0498 e. The first-order valence-electron chi connectivity index (χ1n) is 4.75. The zero-order valence-electron chi connectivity index (χ0n) is 7.42. The van der Waals surface area contributed by atoms with Gasteiger partial charge in [-0.15, -0.1) is 12.4 Å². The van der Waals surface area contributed by atoms with E-state index >= 15 is 0 Å². The van der Waals surface area contributed by atoms with E-state index in [1.54, 1.807) is 0 Å². The minimum atomic E-state index is 0. The summed E-state index contributed by atoms with van der Waals surface area (Å²) in [5.74, 6) is 1.77. The van der Waals surface area contributed by atoms with E-state index in [9.17, 15) is 0 Å². The summed E-state index contributed by atoms with van der Waals surface area (Å²) in [6.07, 6.45) is 4.08. The van der Waals surface area contributed by atoms with E-state index in [0.717, 1.165) is 25.0 Å². The fourth-order valence-corrected chi connectivity index (χ4v) is 2.21. The Hall–Kier alpha value is 0.210. The van der Waals surface area contributed by atoms with E-state index in [1.165, 1.54) is 32.4 Å². The maximum atomic E-state index is 5.38. The average molecular weight is 192 g/mol. The molecule has 2 saturated heterocycles. The molecule has 0 radical (unpaired) electrons. The van der Waals surface area contributed by atoms with E-state index in [2.05, 4.69) is 5.32 Å². The van der Waals surface area contributed by atoms with Crippen molar-refractivity contribution in [1.82, 2.24) is 5.32 Å². The van der Waals surface area contributed by atoms with Crippen LogP contribution in [-0.4, -0.2) is 26.3 Å². The number of ether oxygens (including phenoxy) is 1. The highest BCUT2D eigenvalue weighted by molar-refractivity contribution is 5.85. The van der Waals surface area contributed by atoms with Crippen LogP contribution in [0, 0.1) is 11.8 Å². The van der Waals surface area contributed by atoms with Gasteiger partial charge in [0, 0.05) is 13.2 Å². The van der Waals surface area contributed by atoms with E-state index in [-0.39, 0.29) is 12.4 Å². The van der Waals surface area contributed by atoms with E-state index < -0.39 is 0 Å². The van der Waals surface area contributed by atoms with Crippen molar-refractivity contribution < 1.29 is 4.74 Å². The van der Waals surface area contributed by atoms with Crippen LogP contribution in [0.1, 0.15) is 19.3 Å². The van der Waals surface area contributed by atoms with Crippen molar-refractivity contribution in [2.75, 3.05) is 26.3 Å². The van der Waals surface area contributed by atoms with Gasteiger partial charge in [-0.25, -0.2) is 0 Å². The van der Waals surface area contributed by atoms with Crippen LogP contribution in [0.25, 0.3) is 0 Å². The Morgan fingerprint density at radius 2 is 2.08 bits per heavy atom. The predicted molar refractivity (Wildman–Crippen MR) is 51.8 cm³/mol. The third-order valence-electron chi connectivity index (χ3n) is 2.97. The molecule has 2 atom stereocenters. The molecule has 1 N–H and O–H groups in total. The maximum absolute atomic E-state index is 5.38. The normalized spacial score (nSPS) is 36.0. The molecular weight excluding hydrogens is 174 g/mol. The Morgan fingerprint density at radius 1 is 1.17 bits per heavy atom. The number of halogens is 1. The summed E-state index contributed by atoms with van der Waals surface area (Å²) in [6.45, 7) is 4.48. The Kier molecular flexibility index (Phi) is 4.33. The van der Waals surface area contributed by atoms with Gasteiger partial charge >= 0.3 is 0 Å². The van der Waals surface area contributed by atoms with Crippen molar-refractivity contribution in [3.05, 3.63) is 0 Å². The van der Waals surface area contributed by atoms with Crippen molar-refractivity contribution in [2.24, 2.45) is 11.8 Å². The second kappa shape index (κ2) is 5.05. The van der Waals surface area contributed by atoms with Gasteiger partial charge in [0.05, 0.1) is 0 Å². The van der Waals surface area contributed by atoms with Gasteiger partial charge in [-0.05, 0) is 44.2 Å². The summed E-state index contributed by atoms with van der Waals surface area (Å²) in [4.78, 5) is 0. The van der Waals surface area contributed by atoms with Crippen molar-refractivity contribution in [1.29, 1.82) is 0 Å². The van der Waals surface area contributed by atoms with Crippen LogP contribution < -0.4 is 5.32 Å². The number of hydrogen-bond donors (Lipinski definition) is 1. The molecular formula is C9H18ClNO. The van der Waals surface area contributed by atoms with Crippen LogP contribution in [0.2, 0.25) is 0 Å². The molecule has 0 aromatic heterocycles. The Bertz CT molecular complexity index is 120. The highest BCUT2D eigenvalue weighted by atomic mass is 35.5. The van der Waals surface area contributed by atoms with E-state index in [0.29, 0.717) is 0 Å². The minimum absolute atomic E-state index is 0. The van der Waals surface area contributed by atoms with Gasteiger partial charge in [-0.2, -0.15) is 0 Å². The monoisotopic (exact) mass is 191 g/mol. The number of hydrogen-bond acceptors (Lipinski definition) is 2. The van der Waals surface area contributed by atoms with Gasteiger partial charge < -0.3 is 10.1 Å². The van der Waals surface area contributed by atoms with Gasteiger partial charge in [0.15, 0.2) is 0 Å². The SMILES string of the molecule is C1CNCC(C2CCOC2)C1.Cl.